The van der Waals surface area contributed by atoms with E-state index in [9.17, 15) is 13.2 Å². The Hall–Kier alpha value is -1.37. The molecule has 1 aliphatic rings. The fourth-order valence-corrected chi connectivity index (χ4v) is 3.94. The number of amides is 1. The number of sulfone groups is 1. The average molecular weight is 328 g/mol. The molecule has 1 heterocycles. The second kappa shape index (κ2) is 7.26. The van der Waals surface area contributed by atoms with Crippen molar-refractivity contribution in [3.63, 3.8) is 0 Å². The second-order valence-electron chi connectivity index (χ2n) is 6.13. The average Bonchev–Trinajstić information content (AvgIpc) is 2.89. The molecule has 1 fully saturated rings. The number of aromatic nitrogens is 1. The monoisotopic (exact) mass is 328 g/mol. The van der Waals surface area contributed by atoms with Crippen LogP contribution in [0.2, 0.25) is 0 Å². The number of carbonyl (C=O) groups is 1. The van der Waals surface area contributed by atoms with Crippen LogP contribution in [0.4, 0.5) is 0 Å². The van der Waals surface area contributed by atoms with Crippen molar-refractivity contribution < 1.29 is 17.7 Å². The Morgan fingerprint density at radius 2 is 2.09 bits per heavy atom. The molecule has 1 unspecified atom stereocenters. The number of aryl methyl sites for hydroxylation is 1. The lowest BCUT2D eigenvalue weighted by Crippen LogP contribution is -2.40. The maximum Gasteiger partial charge on any atom is 0.238 e. The number of rotatable bonds is 6. The normalized spacial score (nSPS) is 18.1. The van der Waals surface area contributed by atoms with Gasteiger partial charge >= 0.3 is 0 Å². The molecule has 6 nitrogen and oxygen atoms in total. The molecular formula is C15H24N2O4S. The summed E-state index contributed by atoms with van der Waals surface area (Å²) in [5.41, 5.74) is 0.625. The Bertz CT molecular complexity index is 603. The maximum atomic E-state index is 12.3. The highest BCUT2D eigenvalue weighted by molar-refractivity contribution is 7.92. The lowest BCUT2D eigenvalue weighted by atomic mass is 9.89. The molecule has 1 saturated carbocycles. The molecule has 7 heteroatoms. The fraction of sp³-hybridized carbons (Fsp3) is 0.733. The van der Waals surface area contributed by atoms with Gasteiger partial charge < -0.3 is 9.84 Å². The lowest BCUT2D eigenvalue weighted by molar-refractivity contribution is -0.120. The summed E-state index contributed by atoms with van der Waals surface area (Å²) in [5.74, 6) is 0.0158. The van der Waals surface area contributed by atoms with Crippen LogP contribution >= 0.6 is 0 Å². The number of nitrogens with one attached hydrogen (secondary N) is 1. The van der Waals surface area contributed by atoms with Crippen LogP contribution in [0, 0.1) is 12.8 Å². The first-order valence-electron chi connectivity index (χ1n) is 7.80. The quantitative estimate of drug-likeness (QED) is 0.862. The van der Waals surface area contributed by atoms with Gasteiger partial charge in [-0.15, -0.1) is 0 Å². The Labute approximate surface area is 131 Å². The molecule has 124 valence electrons. The van der Waals surface area contributed by atoms with Gasteiger partial charge in [0.2, 0.25) is 5.91 Å². The number of nitrogens with zero attached hydrogens (tertiary/aromatic N) is 1. The third-order valence-corrected chi connectivity index (χ3v) is 6.20. The minimum atomic E-state index is -3.60. The van der Waals surface area contributed by atoms with Crippen molar-refractivity contribution in [1.82, 2.24) is 10.5 Å². The molecule has 1 atom stereocenters. The van der Waals surface area contributed by atoms with Gasteiger partial charge in [-0.2, -0.15) is 0 Å². The number of hydrogen-bond acceptors (Lipinski definition) is 5. The van der Waals surface area contributed by atoms with Gasteiger partial charge in [0.05, 0.1) is 5.69 Å². The summed E-state index contributed by atoms with van der Waals surface area (Å²) in [6, 6.07) is 1.57. The first-order chi connectivity index (χ1) is 10.4. The van der Waals surface area contributed by atoms with Crippen LogP contribution in [-0.4, -0.2) is 31.3 Å². The molecule has 0 aliphatic heterocycles. The van der Waals surface area contributed by atoms with E-state index in [1.165, 1.54) is 26.2 Å². The lowest BCUT2D eigenvalue weighted by Gasteiger charge is -2.22. The highest BCUT2D eigenvalue weighted by Gasteiger charge is 2.29. The van der Waals surface area contributed by atoms with Crippen molar-refractivity contribution >= 4 is 15.7 Å². The van der Waals surface area contributed by atoms with Gasteiger partial charge in [0, 0.05) is 12.6 Å². The van der Waals surface area contributed by atoms with Crippen molar-refractivity contribution in [2.24, 2.45) is 5.92 Å². The van der Waals surface area contributed by atoms with Crippen molar-refractivity contribution in [2.45, 2.75) is 57.0 Å². The van der Waals surface area contributed by atoms with Gasteiger partial charge in [-0.05, 0) is 32.6 Å². The van der Waals surface area contributed by atoms with E-state index in [2.05, 4.69) is 10.5 Å². The van der Waals surface area contributed by atoms with Gasteiger partial charge in [-0.3, -0.25) is 4.79 Å². The topological polar surface area (TPSA) is 89.3 Å². The highest BCUT2D eigenvalue weighted by Crippen LogP contribution is 2.23. The first kappa shape index (κ1) is 17.0. The molecule has 0 spiro atoms. The van der Waals surface area contributed by atoms with Gasteiger partial charge in [-0.1, -0.05) is 24.4 Å². The predicted molar refractivity (Wildman–Crippen MR) is 82.9 cm³/mol. The summed E-state index contributed by atoms with van der Waals surface area (Å²) < 4.78 is 29.4. The van der Waals surface area contributed by atoms with Gasteiger partial charge in [0.25, 0.3) is 0 Å². The highest BCUT2D eigenvalue weighted by atomic mass is 32.2. The molecule has 1 N–H and O–H groups in total. The fourth-order valence-electron chi connectivity index (χ4n) is 2.75. The minimum absolute atomic E-state index is 0.268. The van der Waals surface area contributed by atoms with Gasteiger partial charge in [0.1, 0.15) is 11.0 Å². The molecule has 1 aromatic rings. The summed E-state index contributed by atoms with van der Waals surface area (Å²) in [7, 11) is -3.60. The zero-order chi connectivity index (χ0) is 16.2. The van der Waals surface area contributed by atoms with Crippen LogP contribution < -0.4 is 5.32 Å². The van der Waals surface area contributed by atoms with E-state index in [1.54, 1.807) is 13.0 Å². The van der Waals surface area contributed by atoms with E-state index in [4.69, 9.17) is 4.52 Å². The summed E-state index contributed by atoms with van der Waals surface area (Å²) in [6.07, 6.45) is 5.86. The smallest absolute Gasteiger partial charge is 0.238 e. The van der Waals surface area contributed by atoms with Crippen LogP contribution in [0.25, 0.3) is 0 Å². The third-order valence-electron chi connectivity index (χ3n) is 4.22. The van der Waals surface area contributed by atoms with Gasteiger partial charge in [-0.25, -0.2) is 8.42 Å². The zero-order valence-electron chi connectivity index (χ0n) is 13.2. The first-order valence-corrected chi connectivity index (χ1v) is 9.51. The van der Waals surface area contributed by atoms with E-state index in [0.717, 1.165) is 12.8 Å². The Morgan fingerprint density at radius 1 is 1.41 bits per heavy atom. The number of hydrogen-bond donors (Lipinski definition) is 1. The largest absolute Gasteiger partial charge is 0.360 e. The van der Waals surface area contributed by atoms with Crippen LogP contribution in [0.1, 0.15) is 50.5 Å². The molecular weight excluding hydrogens is 304 g/mol. The predicted octanol–water partition coefficient (Wildman–Crippen LogP) is 1.98. The van der Waals surface area contributed by atoms with E-state index in [-0.39, 0.29) is 11.5 Å². The molecule has 0 radical (unpaired) electrons. The van der Waals surface area contributed by atoms with Crippen molar-refractivity contribution in [3.8, 4) is 0 Å². The molecule has 2 rings (SSSR count). The van der Waals surface area contributed by atoms with Crippen molar-refractivity contribution in [1.29, 1.82) is 0 Å². The molecule has 0 aromatic carbocycles. The van der Waals surface area contributed by atoms with Gasteiger partial charge in [0.15, 0.2) is 15.6 Å². The second-order valence-corrected chi connectivity index (χ2v) is 8.45. The minimum Gasteiger partial charge on any atom is -0.360 e. The van der Waals surface area contributed by atoms with E-state index < -0.39 is 21.0 Å². The summed E-state index contributed by atoms with van der Waals surface area (Å²) in [4.78, 5) is 12.1. The Kier molecular flexibility index (Phi) is 5.61. The van der Waals surface area contributed by atoms with Crippen molar-refractivity contribution in [3.05, 3.63) is 17.5 Å². The summed E-state index contributed by atoms with van der Waals surface area (Å²) in [5, 5.41) is 5.37. The van der Waals surface area contributed by atoms with Crippen LogP contribution in [0.3, 0.4) is 0 Å². The van der Waals surface area contributed by atoms with Crippen LogP contribution in [0.15, 0.2) is 10.6 Å². The Morgan fingerprint density at radius 3 is 2.68 bits per heavy atom. The SMILES string of the molecule is Cc1cc(CS(=O)(=O)C(C)C(=O)NCC2CCCCC2)on1. The third kappa shape index (κ3) is 4.56. The molecule has 22 heavy (non-hydrogen) atoms. The maximum absolute atomic E-state index is 12.3. The summed E-state index contributed by atoms with van der Waals surface area (Å²) in [6.45, 7) is 3.72. The number of carbonyl (C=O) groups excluding carboxylic acids is 1. The standard InChI is InChI=1S/C15H24N2O4S/c1-11-8-14(21-17-11)10-22(19,20)12(2)15(18)16-9-13-6-4-3-5-7-13/h8,12-13H,3-7,9-10H2,1-2H3,(H,16,18). The molecule has 1 aliphatic carbocycles. The van der Waals surface area contributed by atoms with Crippen LogP contribution in [-0.2, 0) is 20.4 Å². The van der Waals surface area contributed by atoms with Crippen molar-refractivity contribution in [2.75, 3.05) is 6.54 Å². The zero-order valence-corrected chi connectivity index (χ0v) is 14.0. The van der Waals surface area contributed by atoms with E-state index >= 15 is 0 Å². The molecule has 1 amide bonds. The summed E-state index contributed by atoms with van der Waals surface area (Å²) >= 11 is 0. The van der Waals surface area contributed by atoms with E-state index in [1.807, 2.05) is 0 Å². The van der Waals surface area contributed by atoms with E-state index in [0.29, 0.717) is 18.2 Å². The van der Waals surface area contributed by atoms with Crippen LogP contribution in [0.5, 0.6) is 0 Å². The molecule has 0 bridgehead atoms. The molecule has 1 aromatic heterocycles. The Balaban J connectivity index is 1.87. The molecule has 0 saturated heterocycles.